The minimum absolute atomic E-state index is 0.274. The molecular formula is C14H19NO6. The van der Waals surface area contributed by atoms with Crippen molar-refractivity contribution in [2.24, 2.45) is 0 Å². The molecule has 0 aliphatic carbocycles. The predicted octanol–water partition coefficient (Wildman–Crippen LogP) is -0.860. The number of para-hydroxylation sites is 1. The van der Waals surface area contributed by atoms with Crippen molar-refractivity contribution in [1.82, 2.24) is 5.32 Å². The molecule has 1 unspecified atom stereocenters. The van der Waals surface area contributed by atoms with Crippen LogP contribution in [0.4, 0.5) is 0 Å². The second-order valence-electron chi connectivity index (χ2n) is 4.84. The minimum Gasteiger partial charge on any atom is -0.426 e. The van der Waals surface area contributed by atoms with Gasteiger partial charge >= 0.3 is 5.97 Å². The average Bonchev–Trinajstić information content (AvgIpc) is 2.73. The van der Waals surface area contributed by atoms with Gasteiger partial charge in [0, 0.05) is 19.0 Å². The summed E-state index contributed by atoms with van der Waals surface area (Å²) in [6.07, 6.45) is -3.90. The van der Waals surface area contributed by atoms with Gasteiger partial charge in [0.25, 0.3) is 0 Å². The summed E-state index contributed by atoms with van der Waals surface area (Å²) in [4.78, 5) is 11.0. The number of hydrogen-bond donors (Lipinski definition) is 4. The Balaban J connectivity index is 1.99. The molecule has 1 aromatic rings. The zero-order chi connectivity index (χ0) is 15.4. The zero-order valence-corrected chi connectivity index (χ0v) is 11.6. The Morgan fingerprint density at radius 1 is 1.33 bits per heavy atom. The molecule has 1 fully saturated rings. The van der Waals surface area contributed by atoms with Gasteiger partial charge in [-0.2, -0.15) is 0 Å². The van der Waals surface area contributed by atoms with Crippen molar-refractivity contribution in [1.29, 1.82) is 0 Å². The third-order valence-electron chi connectivity index (χ3n) is 3.26. The van der Waals surface area contributed by atoms with Crippen molar-refractivity contribution < 1.29 is 29.6 Å². The van der Waals surface area contributed by atoms with Gasteiger partial charge in [-0.1, -0.05) is 18.2 Å². The van der Waals surface area contributed by atoms with Crippen molar-refractivity contribution in [3.05, 3.63) is 29.8 Å². The monoisotopic (exact) mass is 297 g/mol. The van der Waals surface area contributed by atoms with E-state index in [1.165, 1.54) is 6.92 Å². The highest BCUT2D eigenvalue weighted by atomic mass is 16.6. The van der Waals surface area contributed by atoms with Crippen molar-refractivity contribution in [2.75, 3.05) is 6.61 Å². The van der Waals surface area contributed by atoms with Crippen LogP contribution in [-0.4, -0.2) is 52.4 Å². The SMILES string of the molecule is CC(=O)Oc1ccccc1CNC1O[C@H](CO)[C@@H](O)[C@H]1O. The summed E-state index contributed by atoms with van der Waals surface area (Å²) in [5, 5.41) is 31.4. The summed E-state index contributed by atoms with van der Waals surface area (Å²) >= 11 is 0. The summed E-state index contributed by atoms with van der Waals surface area (Å²) in [7, 11) is 0. The highest BCUT2D eigenvalue weighted by Crippen LogP contribution is 2.22. The van der Waals surface area contributed by atoms with Crippen LogP contribution in [0.3, 0.4) is 0 Å². The minimum atomic E-state index is -1.14. The number of aliphatic hydroxyl groups is 3. The molecule has 116 valence electrons. The third-order valence-corrected chi connectivity index (χ3v) is 3.26. The van der Waals surface area contributed by atoms with Crippen molar-refractivity contribution in [3.63, 3.8) is 0 Å². The van der Waals surface area contributed by atoms with Crippen LogP contribution in [0.5, 0.6) is 5.75 Å². The normalized spacial score (nSPS) is 28.6. The lowest BCUT2D eigenvalue weighted by Crippen LogP contribution is -2.40. The Bertz CT molecular complexity index is 494. The van der Waals surface area contributed by atoms with E-state index >= 15 is 0 Å². The number of rotatable bonds is 5. The Kier molecular flexibility index (Phi) is 5.27. The molecule has 0 radical (unpaired) electrons. The average molecular weight is 297 g/mol. The van der Waals surface area contributed by atoms with Crippen LogP contribution >= 0.6 is 0 Å². The lowest BCUT2D eigenvalue weighted by Gasteiger charge is -2.17. The number of hydrogen-bond acceptors (Lipinski definition) is 7. The summed E-state index contributed by atoms with van der Waals surface area (Å²) < 4.78 is 10.4. The van der Waals surface area contributed by atoms with Crippen LogP contribution in [0, 0.1) is 0 Å². The fraction of sp³-hybridized carbons (Fsp3) is 0.500. The Hall–Kier alpha value is -1.51. The van der Waals surface area contributed by atoms with Crippen LogP contribution in [-0.2, 0) is 16.1 Å². The maximum atomic E-state index is 11.0. The summed E-state index contributed by atoms with van der Waals surface area (Å²) in [5.74, 6) is -0.000360. The molecule has 7 nitrogen and oxygen atoms in total. The van der Waals surface area contributed by atoms with E-state index in [1.807, 2.05) is 0 Å². The van der Waals surface area contributed by atoms with Crippen LogP contribution in [0.2, 0.25) is 0 Å². The Morgan fingerprint density at radius 2 is 2.05 bits per heavy atom. The maximum absolute atomic E-state index is 11.0. The first-order valence-electron chi connectivity index (χ1n) is 6.65. The van der Waals surface area contributed by atoms with Gasteiger partial charge in [0.05, 0.1) is 6.61 Å². The quantitative estimate of drug-likeness (QED) is 0.414. The molecule has 4 N–H and O–H groups in total. The lowest BCUT2D eigenvalue weighted by atomic mass is 10.1. The molecule has 1 heterocycles. The first kappa shape index (κ1) is 15.9. The van der Waals surface area contributed by atoms with E-state index in [0.29, 0.717) is 11.3 Å². The van der Waals surface area contributed by atoms with E-state index in [1.54, 1.807) is 24.3 Å². The first-order chi connectivity index (χ1) is 10.0. The van der Waals surface area contributed by atoms with Crippen LogP contribution in [0.25, 0.3) is 0 Å². The molecule has 0 bridgehead atoms. The molecule has 21 heavy (non-hydrogen) atoms. The topological polar surface area (TPSA) is 108 Å². The van der Waals surface area contributed by atoms with Gasteiger partial charge in [-0.3, -0.25) is 10.1 Å². The van der Waals surface area contributed by atoms with E-state index in [-0.39, 0.29) is 13.2 Å². The molecule has 0 amide bonds. The number of nitrogens with one attached hydrogen (secondary N) is 1. The molecule has 0 aromatic heterocycles. The maximum Gasteiger partial charge on any atom is 0.308 e. The number of aliphatic hydroxyl groups excluding tert-OH is 3. The van der Waals surface area contributed by atoms with E-state index in [0.717, 1.165) is 0 Å². The zero-order valence-electron chi connectivity index (χ0n) is 11.6. The number of carbonyl (C=O) groups excluding carboxylic acids is 1. The van der Waals surface area contributed by atoms with Gasteiger partial charge in [0.15, 0.2) is 0 Å². The fourth-order valence-corrected chi connectivity index (χ4v) is 2.18. The fourth-order valence-electron chi connectivity index (χ4n) is 2.18. The van der Waals surface area contributed by atoms with E-state index in [4.69, 9.17) is 14.6 Å². The molecule has 0 spiro atoms. The molecule has 1 aliphatic heterocycles. The summed E-state index contributed by atoms with van der Waals surface area (Å²) in [5.41, 5.74) is 0.713. The summed E-state index contributed by atoms with van der Waals surface area (Å²) in [6.45, 7) is 1.22. The van der Waals surface area contributed by atoms with Crippen LogP contribution < -0.4 is 10.1 Å². The highest BCUT2D eigenvalue weighted by Gasteiger charge is 2.41. The van der Waals surface area contributed by atoms with E-state index in [2.05, 4.69) is 5.32 Å². The molecule has 1 aromatic carbocycles. The van der Waals surface area contributed by atoms with Crippen molar-refractivity contribution in [2.45, 2.75) is 38.0 Å². The van der Waals surface area contributed by atoms with Crippen LogP contribution in [0.15, 0.2) is 24.3 Å². The molecule has 0 saturated carbocycles. The van der Waals surface area contributed by atoms with E-state index in [9.17, 15) is 15.0 Å². The van der Waals surface area contributed by atoms with Gasteiger partial charge in [0.2, 0.25) is 0 Å². The molecule has 2 rings (SSSR count). The van der Waals surface area contributed by atoms with Gasteiger partial charge in [-0.25, -0.2) is 0 Å². The van der Waals surface area contributed by atoms with Crippen molar-refractivity contribution >= 4 is 5.97 Å². The van der Waals surface area contributed by atoms with Gasteiger partial charge in [-0.15, -0.1) is 0 Å². The van der Waals surface area contributed by atoms with Gasteiger partial charge in [-0.05, 0) is 6.07 Å². The molecule has 7 heteroatoms. The van der Waals surface area contributed by atoms with Gasteiger partial charge < -0.3 is 24.8 Å². The number of carbonyl (C=O) groups is 1. The van der Waals surface area contributed by atoms with Gasteiger partial charge in [0.1, 0.15) is 30.3 Å². The number of esters is 1. The smallest absolute Gasteiger partial charge is 0.308 e. The molecular weight excluding hydrogens is 278 g/mol. The highest BCUT2D eigenvalue weighted by molar-refractivity contribution is 5.69. The number of ether oxygens (including phenoxy) is 2. The second-order valence-corrected chi connectivity index (χ2v) is 4.84. The Labute approximate surface area is 122 Å². The standard InChI is InChI=1S/C14H19NO6/c1-8(17)20-10-5-3-2-4-9(10)6-15-14-13(19)12(18)11(7-16)21-14/h2-5,11-16,18-19H,6-7H2,1H3/t11-,12-,13-,14?/m1/s1. The molecule has 4 atom stereocenters. The summed E-state index contributed by atoms with van der Waals surface area (Å²) in [6, 6.07) is 6.97. The largest absolute Gasteiger partial charge is 0.426 e. The van der Waals surface area contributed by atoms with E-state index < -0.39 is 30.5 Å². The van der Waals surface area contributed by atoms with Crippen molar-refractivity contribution in [3.8, 4) is 5.75 Å². The number of benzene rings is 1. The second kappa shape index (κ2) is 6.97. The lowest BCUT2D eigenvalue weighted by molar-refractivity contribution is -0.131. The molecule has 1 aliphatic rings. The third kappa shape index (κ3) is 3.78. The molecule has 1 saturated heterocycles. The first-order valence-corrected chi connectivity index (χ1v) is 6.65. The van der Waals surface area contributed by atoms with Crippen LogP contribution in [0.1, 0.15) is 12.5 Å². The Morgan fingerprint density at radius 3 is 2.67 bits per heavy atom. The predicted molar refractivity (Wildman–Crippen MR) is 72.4 cm³/mol.